The Kier molecular flexibility index (Phi) is 6.12. The van der Waals surface area contributed by atoms with Crippen LogP contribution < -0.4 is 10.2 Å². The number of carbonyl (C=O) groups is 2. The van der Waals surface area contributed by atoms with Crippen molar-refractivity contribution in [1.29, 1.82) is 0 Å². The van der Waals surface area contributed by atoms with E-state index in [9.17, 15) is 9.59 Å². The fourth-order valence-corrected chi connectivity index (χ4v) is 4.19. The first-order valence-electron chi connectivity index (χ1n) is 10.5. The molecule has 7 nitrogen and oxygen atoms in total. The maximum Gasteiger partial charge on any atom is 0.289 e. The molecule has 2 aliphatic heterocycles. The van der Waals surface area contributed by atoms with Gasteiger partial charge in [0.2, 0.25) is 5.91 Å². The topological polar surface area (TPSA) is 78.7 Å². The predicted molar refractivity (Wildman–Crippen MR) is 109 cm³/mol. The molecule has 0 aliphatic carbocycles. The largest absolute Gasteiger partial charge is 0.459 e. The summed E-state index contributed by atoms with van der Waals surface area (Å²) in [6.45, 7) is 3.69. The van der Waals surface area contributed by atoms with Crippen LogP contribution in [0.5, 0.6) is 0 Å². The van der Waals surface area contributed by atoms with Gasteiger partial charge in [0.25, 0.3) is 5.91 Å². The van der Waals surface area contributed by atoms with Crippen molar-refractivity contribution in [2.24, 2.45) is 5.92 Å². The van der Waals surface area contributed by atoms with Crippen LogP contribution in [0, 0.1) is 5.92 Å². The Hall–Kier alpha value is -2.83. The van der Waals surface area contributed by atoms with Crippen molar-refractivity contribution < 1.29 is 14.0 Å². The lowest BCUT2D eigenvalue weighted by Gasteiger charge is -2.31. The molecule has 0 unspecified atom stereocenters. The van der Waals surface area contributed by atoms with E-state index in [0.29, 0.717) is 38.2 Å². The van der Waals surface area contributed by atoms with Gasteiger partial charge in [0.1, 0.15) is 5.82 Å². The summed E-state index contributed by atoms with van der Waals surface area (Å²) in [5.74, 6) is 1.24. The Morgan fingerprint density at radius 2 is 1.86 bits per heavy atom. The van der Waals surface area contributed by atoms with Gasteiger partial charge in [0.05, 0.1) is 6.26 Å². The molecule has 0 aromatic carbocycles. The second kappa shape index (κ2) is 9.11. The van der Waals surface area contributed by atoms with Crippen LogP contribution in [-0.2, 0) is 11.3 Å². The van der Waals surface area contributed by atoms with Crippen LogP contribution in [-0.4, -0.2) is 47.9 Å². The third-order valence-electron chi connectivity index (χ3n) is 5.86. The first-order valence-corrected chi connectivity index (χ1v) is 10.5. The summed E-state index contributed by atoms with van der Waals surface area (Å²) in [7, 11) is 0. The zero-order chi connectivity index (χ0) is 20.1. The highest BCUT2D eigenvalue weighted by Gasteiger charge is 2.28. The molecule has 29 heavy (non-hydrogen) atoms. The molecule has 2 aliphatic rings. The number of piperidine rings is 2. The molecule has 4 rings (SSSR count). The molecule has 2 fully saturated rings. The Labute approximate surface area is 171 Å². The summed E-state index contributed by atoms with van der Waals surface area (Å²) in [6.07, 6.45) is 8.32. The molecule has 7 heteroatoms. The lowest BCUT2D eigenvalue weighted by atomic mass is 9.95. The van der Waals surface area contributed by atoms with E-state index in [1.54, 1.807) is 17.0 Å². The number of hydrogen-bond acceptors (Lipinski definition) is 5. The monoisotopic (exact) mass is 396 g/mol. The highest BCUT2D eigenvalue weighted by Crippen LogP contribution is 2.23. The minimum atomic E-state index is -0.101. The minimum Gasteiger partial charge on any atom is -0.459 e. The van der Waals surface area contributed by atoms with Gasteiger partial charge in [0, 0.05) is 50.4 Å². The fourth-order valence-electron chi connectivity index (χ4n) is 4.19. The molecule has 0 saturated carbocycles. The summed E-state index contributed by atoms with van der Waals surface area (Å²) >= 11 is 0. The average molecular weight is 396 g/mol. The van der Waals surface area contributed by atoms with E-state index in [2.05, 4.69) is 15.2 Å². The molecule has 0 radical (unpaired) electrons. The minimum absolute atomic E-state index is 0.0588. The average Bonchev–Trinajstić information content (AvgIpc) is 3.33. The van der Waals surface area contributed by atoms with Crippen LogP contribution in [0.2, 0.25) is 0 Å². The Balaban J connectivity index is 1.29. The number of furan rings is 1. The van der Waals surface area contributed by atoms with Crippen LogP contribution in [0.3, 0.4) is 0 Å². The van der Waals surface area contributed by atoms with Crippen LogP contribution >= 0.6 is 0 Å². The summed E-state index contributed by atoms with van der Waals surface area (Å²) in [5.41, 5.74) is 1.06. The molecular formula is C22H28N4O3. The van der Waals surface area contributed by atoms with Gasteiger partial charge in [-0.2, -0.15) is 0 Å². The zero-order valence-electron chi connectivity index (χ0n) is 16.7. The van der Waals surface area contributed by atoms with Crippen LogP contribution in [0.1, 0.15) is 48.2 Å². The number of hydrogen-bond donors (Lipinski definition) is 1. The summed E-state index contributed by atoms with van der Waals surface area (Å²) in [4.78, 5) is 33.7. The molecular weight excluding hydrogens is 368 g/mol. The summed E-state index contributed by atoms with van der Waals surface area (Å²) in [5, 5.41) is 3.09. The molecule has 1 N–H and O–H groups in total. The number of likely N-dealkylation sites (tertiary alicyclic amines) is 1. The molecule has 2 aromatic heterocycles. The number of anilines is 1. The van der Waals surface area contributed by atoms with Crippen molar-refractivity contribution in [3.8, 4) is 0 Å². The van der Waals surface area contributed by atoms with Gasteiger partial charge in [-0.1, -0.05) is 6.07 Å². The number of aromatic nitrogens is 1. The van der Waals surface area contributed by atoms with Crippen molar-refractivity contribution in [3.63, 3.8) is 0 Å². The third-order valence-corrected chi connectivity index (χ3v) is 5.86. The van der Waals surface area contributed by atoms with Crippen molar-refractivity contribution in [3.05, 3.63) is 48.0 Å². The van der Waals surface area contributed by atoms with Gasteiger partial charge in [-0.25, -0.2) is 4.98 Å². The molecule has 154 valence electrons. The van der Waals surface area contributed by atoms with Crippen LogP contribution in [0.4, 0.5) is 5.82 Å². The van der Waals surface area contributed by atoms with Crippen molar-refractivity contribution in [2.45, 2.75) is 38.6 Å². The van der Waals surface area contributed by atoms with Crippen LogP contribution in [0.25, 0.3) is 0 Å². The second-order valence-corrected chi connectivity index (χ2v) is 7.80. The molecule has 0 bridgehead atoms. The highest BCUT2D eigenvalue weighted by molar-refractivity contribution is 5.91. The number of amides is 2. The van der Waals surface area contributed by atoms with E-state index in [-0.39, 0.29) is 17.7 Å². The zero-order valence-corrected chi connectivity index (χ0v) is 16.7. The Morgan fingerprint density at radius 1 is 1.07 bits per heavy atom. The maximum atomic E-state index is 12.7. The number of rotatable bonds is 5. The first kappa shape index (κ1) is 19.5. The number of nitrogens with zero attached hydrogens (tertiary/aromatic N) is 3. The van der Waals surface area contributed by atoms with E-state index >= 15 is 0 Å². The van der Waals surface area contributed by atoms with Crippen molar-refractivity contribution in [1.82, 2.24) is 15.2 Å². The van der Waals surface area contributed by atoms with E-state index in [1.807, 2.05) is 18.3 Å². The molecule has 4 heterocycles. The van der Waals surface area contributed by atoms with Gasteiger partial charge in [-0.15, -0.1) is 0 Å². The Bertz CT molecular complexity index is 822. The highest BCUT2D eigenvalue weighted by atomic mass is 16.3. The number of nitrogens with one attached hydrogen (secondary N) is 1. The molecule has 2 aromatic rings. The van der Waals surface area contributed by atoms with E-state index in [4.69, 9.17) is 4.42 Å². The molecule has 2 saturated heterocycles. The maximum absolute atomic E-state index is 12.7. The lowest BCUT2D eigenvalue weighted by Crippen LogP contribution is -2.43. The van der Waals surface area contributed by atoms with Crippen molar-refractivity contribution >= 4 is 17.6 Å². The van der Waals surface area contributed by atoms with Gasteiger partial charge in [0.15, 0.2) is 5.76 Å². The van der Waals surface area contributed by atoms with Gasteiger partial charge in [-0.3, -0.25) is 9.59 Å². The van der Waals surface area contributed by atoms with E-state index in [0.717, 1.165) is 24.5 Å². The Morgan fingerprint density at radius 3 is 2.59 bits per heavy atom. The van der Waals surface area contributed by atoms with E-state index in [1.165, 1.54) is 25.5 Å². The quantitative estimate of drug-likeness (QED) is 0.841. The molecule has 2 amide bonds. The summed E-state index contributed by atoms with van der Waals surface area (Å²) < 4.78 is 5.19. The van der Waals surface area contributed by atoms with Gasteiger partial charge >= 0.3 is 0 Å². The first-order chi connectivity index (χ1) is 14.2. The van der Waals surface area contributed by atoms with Crippen LogP contribution in [0.15, 0.2) is 41.1 Å². The van der Waals surface area contributed by atoms with Gasteiger partial charge in [-0.05, 0) is 50.3 Å². The van der Waals surface area contributed by atoms with E-state index < -0.39 is 0 Å². The fraction of sp³-hybridized carbons (Fsp3) is 0.500. The summed E-state index contributed by atoms with van der Waals surface area (Å²) in [6, 6.07) is 7.36. The SMILES string of the molecule is O=C(NCc1cccnc1N1CCCCC1)C1CCN(C(=O)c2ccco2)CC1. The molecule has 0 spiro atoms. The molecule has 0 atom stereocenters. The smallest absolute Gasteiger partial charge is 0.289 e. The van der Waals surface area contributed by atoms with Crippen molar-refractivity contribution in [2.75, 3.05) is 31.1 Å². The predicted octanol–water partition coefficient (Wildman–Crippen LogP) is 2.83. The number of pyridine rings is 1. The second-order valence-electron chi connectivity index (χ2n) is 7.80. The normalized spacial score (nSPS) is 17.9. The third kappa shape index (κ3) is 4.60. The number of carbonyl (C=O) groups excluding carboxylic acids is 2. The lowest BCUT2D eigenvalue weighted by molar-refractivity contribution is -0.126. The standard InChI is InChI=1S/C22H28N4O3/c27-21(17-8-13-26(14-9-17)22(28)19-7-5-15-29-19)24-16-18-6-4-10-23-20(18)25-11-2-1-3-12-25/h4-7,10,15,17H,1-3,8-9,11-14,16H2,(H,24,27). The van der Waals surface area contributed by atoms with Gasteiger partial charge < -0.3 is 19.5 Å².